The standard InChI is InChI=1S/C14H15F3N4/c15-14(16,17)10-6-7-11-19-20-13(21(11)8-10)12(18)9-4-2-1-3-5-9/h1-5,10,12H,6-8,18H2. The fourth-order valence-corrected chi connectivity index (χ4v) is 2.65. The minimum Gasteiger partial charge on any atom is -0.318 e. The van der Waals surface area contributed by atoms with E-state index in [1.165, 1.54) is 4.57 Å². The topological polar surface area (TPSA) is 56.7 Å². The van der Waals surface area contributed by atoms with E-state index >= 15 is 0 Å². The maximum absolute atomic E-state index is 12.9. The molecule has 1 aliphatic rings. The highest BCUT2D eigenvalue weighted by molar-refractivity contribution is 5.24. The highest BCUT2D eigenvalue weighted by Crippen LogP contribution is 2.35. The minimum absolute atomic E-state index is 0.0577. The minimum atomic E-state index is -4.20. The highest BCUT2D eigenvalue weighted by Gasteiger charge is 2.42. The lowest BCUT2D eigenvalue weighted by atomic mass is 9.98. The van der Waals surface area contributed by atoms with Gasteiger partial charge in [-0.05, 0) is 12.0 Å². The molecule has 1 aromatic carbocycles. The Morgan fingerprint density at radius 1 is 1.19 bits per heavy atom. The second-order valence-electron chi connectivity index (χ2n) is 5.25. The Morgan fingerprint density at radius 3 is 2.57 bits per heavy atom. The molecule has 1 aliphatic heterocycles. The average Bonchev–Trinajstić information content (AvgIpc) is 2.89. The number of halogens is 3. The number of hydrogen-bond donors (Lipinski definition) is 1. The zero-order valence-electron chi connectivity index (χ0n) is 11.2. The van der Waals surface area contributed by atoms with E-state index in [2.05, 4.69) is 10.2 Å². The first-order chi connectivity index (χ1) is 9.97. The molecular weight excluding hydrogens is 281 g/mol. The molecule has 112 valence electrons. The molecule has 1 aromatic heterocycles. The van der Waals surface area contributed by atoms with Gasteiger partial charge in [0.05, 0.1) is 12.0 Å². The van der Waals surface area contributed by atoms with Crippen LogP contribution >= 0.6 is 0 Å². The molecule has 0 spiro atoms. The third kappa shape index (κ3) is 2.65. The number of nitrogens with two attached hydrogens (primary N) is 1. The molecule has 2 aromatic rings. The summed E-state index contributed by atoms with van der Waals surface area (Å²) in [6, 6.07) is 8.61. The monoisotopic (exact) mass is 296 g/mol. The van der Waals surface area contributed by atoms with Crippen LogP contribution < -0.4 is 5.73 Å². The Balaban J connectivity index is 1.92. The van der Waals surface area contributed by atoms with Crippen molar-refractivity contribution in [2.24, 2.45) is 11.7 Å². The maximum atomic E-state index is 12.9. The molecule has 2 atom stereocenters. The van der Waals surface area contributed by atoms with Gasteiger partial charge in [0.2, 0.25) is 0 Å². The van der Waals surface area contributed by atoms with Gasteiger partial charge in [0, 0.05) is 13.0 Å². The van der Waals surface area contributed by atoms with E-state index in [-0.39, 0.29) is 19.4 Å². The van der Waals surface area contributed by atoms with Crippen LogP contribution in [0.3, 0.4) is 0 Å². The van der Waals surface area contributed by atoms with Crippen LogP contribution in [0.2, 0.25) is 0 Å². The second kappa shape index (κ2) is 5.14. The van der Waals surface area contributed by atoms with Crippen molar-refractivity contribution in [3.05, 3.63) is 47.5 Å². The molecular formula is C14H15F3N4. The van der Waals surface area contributed by atoms with Gasteiger partial charge >= 0.3 is 6.18 Å². The quantitative estimate of drug-likeness (QED) is 0.926. The normalized spacial score (nSPS) is 20.1. The van der Waals surface area contributed by atoms with Crippen molar-refractivity contribution in [3.8, 4) is 0 Å². The van der Waals surface area contributed by atoms with E-state index < -0.39 is 18.1 Å². The number of aryl methyl sites for hydroxylation is 1. The summed E-state index contributed by atoms with van der Waals surface area (Å²) in [6.45, 7) is -0.151. The molecule has 0 saturated heterocycles. The lowest BCUT2D eigenvalue weighted by Crippen LogP contribution is -2.33. The fourth-order valence-electron chi connectivity index (χ4n) is 2.65. The summed E-state index contributed by atoms with van der Waals surface area (Å²) >= 11 is 0. The van der Waals surface area contributed by atoms with Crippen LogP contribution in [-0.4, -0.2) is 20.9 Å². The summed E-state index contributed by atoms with van der Waals surface area (Å²) in [5, 5.41) is 8.00. The molecule has 0 saturated carbocycles. The molecule has 2 N–H and O–H groups in total. The summed E-state index contributed by atoms with van der Waals surface area (Å²) in [7, 11) is 0. The maximum Gasteiger partial charge on any atom is 0.393 e. The molecule has 2 heterocycles. The van der Waals surface area contributed by atoms with Gasteiger partial charge < -0.3 is 10.3 Å². The number of nitrogens with zero attached hydrogens (tertiary/aromatic N) is 3. The fraction of sp³-hybridized carbons (Fsp3) is 0.429. The van der Waals surface area contributed by atoms with Crippen molar-refractivity contribution in [2.75, 3.05) is 0 Å². The van der Waals surface area contributed by atoms with Gasteiger partial charge in [-0.3, -0.25) is 0 Å². The van der Waals surface area contributed by atoms with Crippen molar-refractivity contribution >= 4 is 0 Å². The highest BCUT2D eigenvalue weighted by atomic mass is 19.4. The number of fused-ring (bicyclic) bond motifs is 1. The molecule has 21 heavy (non-hydrogen) atoms. The van der Waals surface area contributed by atoms with Crippen molar-refractivity contribution in [2.45, 2.75) is 31.6 Å². The third-order valence-electron chi connectivity index (χ3n) is 3.88. The smallest absolute Gasteiger partial charge is 0.318 e. The SMILES string of the molecule is NC(c1ccccc1)c1nnc2n1CC(C(F)(F)F)CC2. The Bertz CT molecular complexity index is 621. The molecule has 3 rings (SSSR count). The van der Waals surface area contributed by atoms with Gasteiger partial charge in [-0.2, -0.15) is 13.2 Å². The molecule has 0 amide bonds. The Kier molecular flexibility index (Phi) is 3.44. The Hall–Kier alpha value is -1.89. The number of hydrogen-bond acceptors (Lipinski definition) is 3. The van der Waals surface area contributed by atoms with Gasteiger partial charge in [0.1, 0.15) is 5.82 Å². The first kappa shape index (κ1) is 14.1. The van der Waals surface area contributed by atoms with Gasteiger partial charge in [-0.25, -0.2) is 0 Å². The number of rotatable bonds is 2. The van der Waals surface area contributed by atoms with E-state index in [0.717, 1.165) is 5.56 Å². The predicted molar refractivity (Wildman–Crippen MR) is 70.4 cm³/mol. The molecule has 7 heteroatoms. The average molecular weight is 296 g/mol. The van der Waals surface area contributed by atoms with Crippen LogP contribution in [0.5, 0.6) is 0 Å². The zero-order chi connectivity index (χ0) is 15.0. The number of benzene rings is 1. The summed E-state index contributed by atoms with van der Waals surface area (Å²) in [5.41, 5.74) is 6.94. The number of alkyl halides is 3. The van der Waals surface area contributed by atoms with Gasteiger partial charge in [0.15, 0.2) is 5.82 Å². The summed E-state index contributed by atoms with van der Waals surface area (Å²) < 4.78 is 40.3. The van der Waals surface area contributed by atoms with Crippen LogP contribution in [-0.2, 0) is 13.0 Å². The molecule has 0 bridgehead atoms. The number of aromatic nitrogens is 3. The first-order valence-corrected chi connectivity index (χ1v) is 6.76. The largest absolute Gasteiger partial charge is 0.393 e. The Morgan fingerprint density at radius 2 is 1.90 bits per heavy atom. The van der Waals surface area contributed by atoms with Crippen molar-refractivity contribution in [1.82, 2.24) is 14.8 Å². The second-order valence-corrected chi connectivity index (χ2v) is 5.25. The molecule has 0 radical (unpaired) electrons. The van der Waals surface area contributed by atoms with Crippen molar-refractivity contribution in [1.29, 1.82) is 0 Å². The zero-order valence-corrected chi connectivity index (χ0v) is 11.2. The van der Waals surface area contributed by atoms with Gasteiger partial charge in [-0.1, -0.05) is 30.3 Å². The molecule has 0 fully saturated rings. The van der Waals surface area contributed by atoms with E-state index in [1.54, 1.807) is 0 Å². The third-order valence-corrected chi connectivity index (χ3v) is 3.88. The van der Waals surface area contributed by atoms with E-state index in [1.807, 2.05) is 30.3 Å². The Labute approximate surface area is 119 Å². The summed E-state index contributed by atoms with van der Waals surface area (Å²) in [4.78, 5) is 0. The van der Waals surface area contributed by atoms with Gasteiger partial charge in [0.25, 0.3) is 0 Å². The van der Waals surface area contributed by atoms with Crippen LogP contribution in [0.1, 0.15) is 29.7 Å². The predicted octanol–water partition coefficient (Wildman–Crippen LogP) is 2.45. The van der Waals surface area contributed by atoms with Gasteiger partial charge in [-0.15, -0.1) is 10.2 Å². The molecule has 2 unspecified atom stereocenters. The van der Waals surface area contributed by atoms with E-state index in [4.69, 9.17) is 5.73 Å². The van der Waals surface area contributed by atoms with Crippen molar-refractivity contribution in [3.63, 3.8) is 0 Å². The molecule has 4 nitrogen and oxygen atoms in total. The van der Waals surface area contributed by atoms with Crippen LogP contribution in [0.4, 0.5) is 13.2 Å². The van der Waals surface area contributed by atoms with Crippen molar-refractivity contribution < 1.29 is 13.2 Å². The van der Waals surface area contributed by atoms with E-state index in [0.29, 0.717) is 11.6 Å². The summed E-state index contributed by atoms with van der Waals surface area (Å²) in [5.74, 6) is -0.384. The van der Waals surface area contributed by atoms with E-state index in [9.17, 15) is 13.2 Å². The van der Waals surface area contributed by atoms with Crippen LogP contribution in [0.15, 0.2) is 30.3 Å². The summed E-state index contributed by atoms with van der Waals surface area (Å²) in [6.07, 6.45) is -3.86. The first-order valence-electron chi connectivity index (χ1n) is 6.76. The molecule has 0 aliphatic carbocycles. The lowest BCUT2D eigenvalue weighted by molar-refractivity contribution is -0.182. The van der Waals surface area contributed by atoms with Crippen LogP contribution in [0, 0.1) is 5.92 Å². The lowest BCUT2D eigenvalue weighted by Gasteiger charge is -2.27. The van der Waals surface area contributed by atoms with Crippen LogP contribution in [0.25, 0.3) is 0 Å².